The van der Waals surface area contributed by atoms with Gasteiger partial charge in [0.05, 0.1) is 29.9 Å². The second-order valence-electron chi connectivity index (χ2n) is 18.8. The Balaban J connectivity index is 0.706. The molecule has 15 nitrogen and oxygen atoms in total. The zero-order valence-corrected chi connectivity index (χ0v) is 37.6. The molecule has 2 N–H and O–H groups in total. The van der Waals surface area contributed by atoms with Gasteiger partial charge in [-0.1, -0.05) is 25.5 Å². The monoisotopic (exact) mass is 907 g/mol. The van der Waals surface area contributed by atoms with E-state index in [-0.39, 0.29) is 41.4 Å². The summed E-state index contributed by atoms with van der Waals surface area (Å²) in [4.78, 5) is 67.5. The molecule has 3 amide bonds. The fourth-order valence-corrected chi connectivity index (χ4v) is 10.1. The highest BCUT2D eigenvalue weighted by atomic mass is 19.3. The molecule has 4 aromatic rings. The normalized spacial score (nSPS) is 22.7. The van der Waals surface area contributed by atoms with Gasteiger partial charge in [-0.15, -0.1) is 0 Å². The third-order valence-corrected chi connectivity index (χ3v) is 13.8. The van der Waals surface area contributed by atoms with Crippen LogP contribution in [0.3, 0.4) is 0 Å². The molecule has 6 heterocycles. The van der Waals surface area contributed by atoms with E-state index in [9.17, 15) is 28.0 Å². The number of oxazole rings is 1. The molecule has 5 aliphatic rings. The molecule has 66 heavy (non-hydrogen) atoms. The molecule has 3 aliphatic heterocycles. The number of piperidine rings is 1. The maximum Gasteiger partial charge on any atom is 0.282 e. The van der Waals surface area contributed by atoms with E-state index in [1.165, 1.54) is 19.1 Å². The summed E-state index contributed by atoms with van der Waals surface area (Å²) in [6.07, 6.45) is 11.3. The second kappa shape index (κ2) is 20.1. The van der Waals surface area contributed by atoms with Crippen molar-refractivity contribution >= 4 is 29.2 Å². The van der Waals surface area contributed by atoms with Gasteiger partial charge in [-0.2, -0.15) is 5.10 Å². The molecule has 0 spiro atoms. The number of anilines is 1. The van der Waals surface area contributed by atoms with Crippen LogP contribution in [0.1, 0.15) is 125 Å². The fraction of sp³-hybridized carbons (Fsp3) is 0.531. The summed E-state index contributed by atoms with van der Waals surface area (Å²) in [5.74, 6) is -0.145. The SMILES string of the molecule is C=C1CCC(N2C(=O)c3cccc(NCCCN4CCO[C@H](CN(C)CC5CCC(n6cc(CC(=O)c7coc(-c8ccnc(CCC9CC9)c8)n7)c(C(F)F)n6)CC5)C4)c3C2=O)C(=O)N1. The van der Waals surface area contributed by atoms with Crippen LogP contribution in [-0.2, 0) is 22.4 Å². The van der Waals surface area contributed by atoms with E-state index in [4.69, 9.17) is 9.15 Å². The van der Waals surface area contributed by atoms with Crippen LogP contribution < -0.4 is 10.6 Å². The number of nitrogens with zero attached hydrogens (tertiary/aromatic N) is 7. The smallest absolute Gasteiger partial charge is 0.282 e. The molecule has 0 bridgehead atoms. The van der Waals surface area contributed by atoms with E-state index in [1.807, 2.05) is 6.07 Å². The Hall–Kier alpha value is -5.65. The van der Waals surface area contributed by atoms with E-state index in [0.717, 1.165) is 99.7 Å². The minimum absolute atomic E-state index is 0.0245. The van der Waals surface area contributed by atoms with Gasteiger partial charge in [-0.25, -0.2) is 13.8 Å². The van der Waals surface area contributed by atoms with Gasteiger partial charge < -0.3 is 24.7 Å². The average Bonchev–Trinajstić information content (AvgIpc) is 3.71. The summed E-state index contributed by atoms with van der Waals surface area (Å²) >= 11 is 0. The highest BCUT2D eigenvalue weighted by Crippen LogP contribution is 2.36. The summed E-state index contributed by atoms with van der Waals surface area (Å²) in [5, 5.41) is 10.4. The number of pyridine rings is 1. The first-order valence-electron chi connectivity index (χ1n) is 23.5. The van der Waals surface area contributed by atoms with E-state index < -0.39 is 30.1 Å². The van der Waals surface area contributed by atoms with Gasteiger partial charge in [0, 0.05) is 86.3 Å². The Bertz CT molecular complexity index is 2440. The number of imide groups is 1. The van der Waals surface area contributed by atoms with Gasteiger partial charge in [0.25, 0.3) is 18.2 Å². The lowest BCUT2D eigenvalue weighted by atomic mass is 9.85. The lowest BCUT2D eigenvalue weighted by Crippen LogP contribution is -2.51. The number of ether oxygens (including phenoxy) is 1. The van der Waals surface area contributed by atoms with Gasteiger partial charge in [-0.05, 0) is 101 Å². The molecular weight excluding hydrogens is 849 g/mol. The van der Waals surface area contributed by atoms with Crippen LogP contribution in [-0.4, -0.2) is 123 Å². The number of Topliss-reactive ketones (excluding diaryl/α,β-unsaturated/α-hetero) is 1. The molecule has 1 unspecified atom stereocenters. The van der Waals surface area contributed by atoms with Crippen molar-refractivity contribution in [2.45, 2.75) is 102 Å². The molecular formula is C49H59F2N9O6. The number of morpholine rings is 1. The number of benzene rings is 1. The predicted octanol–water partition coefficient (Wildman–Crippen LogP) is 6.89. The lowest BCUT2D eigenvalue weighted by molar-refractivity contribution is -0.125. The zero-order valence-electron chi connectivity index (χ0n) is 37.6. The molecule has 350 valence electrons. The fourth-order valence-electron chi connectivity index (χ4n) is 10.1. The molecule has 2 atom stereocenters. The number of halogens is 2. The third-order valence-electron chi connectivity index (χ3n) is 13.8. The number of likely N-dealkylation sites (N-methyl/N-ethyl adjacent to an activating group) is 1. The maximum absolute atomic E-state index is 14.3. The van der Waals surface area contributed by atoms with Crippen LogP contribution in [0.25, 0.3) is 11.5 Å². The number of nitrogens with one attached hydrogen (secondary N) is 2. The minimum atomic E-state index is -2.81. The average molecular weight is 908 g/mol. The molecule has 3 aromatic heterocycles. The number of amides is 3. The maximum atomic E-state index is 14.3. The Morgan fingerprint density at radius 1 is 1.05 bits per heavy atom. The largest absolute Gasteiger partial charge is 0.444 e. The van der Waals surface area contributed by atoms with E-state index in [2.05, 4.69) is 49.1 Å². The number of carbonyl (C=O) groups excluding carboxylic acids is 4. The van der Waals surface area contributed by atoms with Gasteiger partial charge in [0.1, 0.15) is 23.7 Å². The number of aromatic nitrogens is 4. The van der Waals surface area contributed by atoms with E-state index in [1.54, 1.807) is 41.3 Å². The van der Waals surface area contributed by atoms with Crippen LogP contribution in [0.15, 0.2) is 65.7 Å². The van der Waals surface area contributed by atoms with Crippen molar-refractivity contribution in [3.63, 3.8) is 0 Å². The Kier molecular flexibility index (Phi) is 13.8. The van der Waals surface area contributed by atoms with Crippen molar-refractivity contribution in [1.29, 1.82) is 0 Å². The molecule has 17 heteroatoms. The van der Waals surface area contributed by atoms with Crippen molar-refractivity contribution in [2.75, 3.05) is 58.2 Å². The van der Waals surface area contributed by atoms with Crippen LogP contribution in [0, 0.1) is 11.8 Å². The van der Waals surface area contributed by atoms with Crippen molar-refractivity contribution in [3.8, 4) is 11.5 Å². The standard InChI is InChI=1S/C49H59F2N9O6/c1-30-7-16-41(46(62)54-30)60-48(63)38-5-3-6-39(43(38)49(60)64)53-18-4-20-58-21-22-65-37(28-58)27-57(2)25-32-11-14-36(15-12-32)59-26-34(44(56-59)45(50)51)24-42(61)40-29-66-47(55-40)33-17-19-52-35(23-33)13-10-31-8-9-31/h3,5-6,17,19,23,26,29,31-32,36-37,41,45,53H,1,4,7-16,18,20-22,24-25,27-28H2,2H3,(H,54,62)/t32?,36?,37-,41?/m1/s1. The number of carbonyl (C=O) groups is 4. The van der Waals surface area contributed by atoms with Crippen molar-refractivity contribution in [1.82, 2.24) is 39.8 Å². The molecule has 9 rings (SSSR count). The van der Waals surface area contributed by atoms with Crippen molar-refractivity contribution in [2.24, 2.45) is 11.8 Å². The van der Waals surface area contributed by atoms with Gasteiger partial charge in [-0.3, -0.25) is 38.6 Å². The number of aryl methyl sites for hydroxylation is 1. The van der Waals surface area contributed by atoms with Gasteiger partial charge >= 0.3 is 0 Å². The number of hydrogen-bond donors (Lipinski definition) is 2. The second-order valence-corrected chi connectivity index (χ2v) is 18.8. The quantitative estimate of drug-likeness (QED) is 0.0569. The summed E-state index contributed by atoms with van der Waals surface area (Å²) in [5.41, 5.74) is 3.43. The van der Waals surface area contributed by atoms with Crippen LogP contribution in [0.2, 0.25) is 0 Å². The molecule has 0 radical (unpaired) electrons. The molecule has 2 aliphatic carbocycles. The summed E-state index contributed by atoms with van der Waals surface area (Å²) < 4.78 is 42.0. The number of rotatable bonds is 19. The van der Waals surface area contributed by atoms with E-state index >= 15 is 0 Å². The van der Waals surface area contributed by atoms with Gasteiger partial charge in [0.2, 0.25) is 11.8 Å². The lowest BCUT2D eigenvalue weighted by Gasteiger charge is -2.36. The van der Waals surface area contributed by atoms with Gasteiger partial charge in [0.15, 0.2) is 5.78 Å². The molecule has 1 aromatic carbocycles. The van der Waals surface area contributed by atoms with Crippen molar-refractivity contribution in [3.05, 3.63) is 95.0 Å². The number of hydrogen-bond acceptors (Lipinski definition) is 12. The third kappa shape index (κ3) is 10.5. The zero-order chi connectivity index (χ0) is 45.9. The summed E-state index contributed by atoms with van der Waals surface area (Å²) in [6, 6.07) is 8.04. The summed E-state index contributed by atoms with van der Waals surface area (Å²) in [6.45, 7) is 9.20. The minimum Gasteiger partial charge on any atom is -0.444 e. The molecule has 2 saturated heterocycles. The van der Waals surface area contributed by atoms with E-state index in [0.29, 0.717) is 60.3 Å². The summed E-state index contributed by atoms with van der Waals surface area (Å²) in [7, 11) is 2.12. The Labute approximate surface area is 383 Å². The van der Waals surface area contributed by atoms with Crippen LogP contribution >= 0.6 is 0 Å². The Morgan fingerprint density at radius 2 is 1.86 bits per heavy atom. The predicted molar refractivity (Wildman–Crippen MR) is 241 cm³/mol. The number of ketones is 1. The highest BCUT2D eigenvalue weighted by Gasteiger charge is 2.45. The number of alkyl halides is 2. The highest BCUT2D eigenvalue weighted by molar-refractivity contribution is 6.25. The molecule has 4 fully saturated rings. The number of allylic oxidation sites excluding steroid dienone is 1. The van der Waals surface area contributed by atoms with Crippen LogP contribution in [0.4, 0.5) is 14.5 Å². The first-order chi connectivity index (χ1) is 32.0. The Morgan fingerprint density at radius 3 is 2.65 bits per heavy atom. The molecule has 2 saturated carbocycles. The van der Waals surface area contributed by atoms with Crippen molar-refractivity contribution < 1.29 is 37.1 Å². The first kappa shape index (κ1) is 45.5. The number of fused-ring (bicyclic) bond motifs is 1. The first-order valence-corrected chi connectivity index (χ1v) is 23.5. The van der Waals surface area contributed by atoms with Crippen LogP contribution in [0.5, 0.6) is 0 Å². The topological polar surface area (TPSA) is 168 Å².